The van der Waals surface area contributed by atoms with Crippen molar-refractivity contribution in [2.75, 3.05) is 7.11 Å². The van der Waals surface area contributed by atoms with Gasteiger partial charge in [-0.15, -0.1) is 11.6 Å². The van der Waals surface area contributed by atoms with E-state index in [4.69, 9.17) is 22.1 Å². The molecule has 0 aromatic carbocycles. The van der Waals surface area contributed by atoms with Gasteiger partial charge in [-0.05, 0) is 13.8 Å². The number of methoxy groups -OCH3 is 1. The normalized spacial score (nSPS) is 14.5. The van der Waals surface area contributed by atoms with Gasteiger partial charge in [0, 0.05) is 13.5 Å². The second-order valence-electron chi connectivity index (χ2n) is 3.04. The number of halogens is 1. The van der Waals surface area contributed by atoms with Crippen molar-refractivity contribution in [3.05, 3.63) is 0 Å². The van der Waals surface area contributed by atoms with Gasteiger partial charge in [0.25, 0.3) is 0 Å². The van der Waals surface area contributed by atoms with Crippen molar-refractivity contribution >= 4 is 17.5 Å². The highest BCUT2D eigenvalue weighted by molar-refractivity contribution is 6.30. The van der Waals surface area contributed by atoms with Crippen molar-refractivity contribution in [2.24, 2.45) is 5.73 Å². The Morgan fingerprint density at radius 1 is 1.73 bits per heavy atom. The third kappa shape index (κ3) is 4.22. The van der Waals surface area contributed by atoms with E-state index in [1.54, 1.807) is 7.11 Å². The fourth-order valence-corrected chi connectivity index (χ4v) is 0.987. The monoisotopic (exact) mass is 179 g/mol. The molecule has 1 amide bonds. The molecule has 0 spiro atoms. The van der Waals surface area contributed by atoms with Crippen LogP contribution in [0.4, 0.5) is 0 Å². The van der Waals surface area contributed by atoms with Crippen LogP contribution in [0.25, 0.3) is 0 Å². The number of ether oxygens (including phenoxy) is 1. The van der Waals surface area contributed by atoms with Crippen LogP contribution >= 0.6 is 11.6 Å². The van der Waals surface area contributed by atoms with Gasteiger partial charge in [-0.3, -0.25) is 4.79 Å². The minimum atomic E-state index is -0.648. The molecule has 0 aromatic heterocycles. The Bertz CT molecular complexity index is 147. The smallest absolute Gasteiger partial charge is 0.235 e. The molecule has 4 heteroatoms. The predicted octanol–water partition coefficient (Wildman–Crippen LogP) is 0.894. The van der Waals surface area contributed by atoms with Crippen molar-refractivity contribution < 1.29 is 9.53 Å². The summed E-state index contributed by atoms with van der Waals surface area (Å²) in [5.41, 5.74) is 4.58. The Balaban J connectivity index is 3.93. The molecule has 3 nitrogen and oxygen atoms in total. The molecule has 0 heterocycles. The lowest BCUT2D eigenvalue weighted by molar-refractivity contribution is -0.119. The number of hydrogen-bond donors (Lipinski definition) is 1. The molecule has 0 fully saturated rings. The molecule has 0 radical (unpaired) electrons. The fraction of sp³-hybridized carbons (Fsp3) is 0.857. The fourth-order valence-electron chi connectivity index (χ4n) is 0.616. The Hall–Kier alpha value is -0.280. The van der Waals surface area contributed by atoms with Crippen LogP contribution in [0.3, 0.4) is 0 Å². The van der Waals surface area contributed by atoms with Gasteiger partial charge in [0.1, 0.15) is 5.38 Å². The molecule has 11 heavy (non-hydrogen) atoms. The minimum absolute atomic E-state index is 0.387. The zero-order valence-corrected chi connectivity index (χ0v) is 7.81. The van der Waals surface area contributed by atoms with Crippen LogP contribution in [0.1, 0.15) is 20.3 Å². The first-order chi connectivity index (χ1) is 4.89. The van der Waals surface area contributed by atoms with E-state index in [0.717, 1.165) is 0 Å². The van der Waals surface area contributed by atoms with Crippen LogP contribution in [0.15, 0.2) is 0 Å². The number of hydrogen-bond acceptors (Lipinski definition) is 2. The standard InChI is InChI=1S/C7H14ClNO2/c1-7(2,11-3)4-5(8)6(9)10/h5H,4H2,1-3H3,(H2,9,10). The summed E-state index contributed by atoms with van der Waals surface area (Å²) in [4.78, 5) is 10.5. The van der Waals surface area contributed by atoms with E-state index in [1.165, 1.54) is 0 Å². The minimum Gasteiger partial charge on any atom is -0.379 e. The molecule has 0 aliphatic rings. The maximum Gasteiger partial charge on any atom is 0.235 e. The number of carbonyl (C=O) groups excluding carboxylic acids is 1. The number of amides is 1. The topological polar surface area (TPSA) is 52.3 Å². The molecule has 0 bridgehead atoms. The predicted molar refractivity (Wildman–Crippen MR) is 44.5 cm³/mol. The van der Waals surface area contributed by atoms with E-state index in [0.29, 0.717) is 6.42 Å². The molecule has 0 aliphatic heterocycles. The Kier molecular flexibility index (Phi) is 3.83. The molecular formula is C7H14ClNO2. The lowest BCUT2D eigenvalue weighted by atomic mass is 10.0. The van der Waals surface area contributed by atoms with Crippen LogP contribution in [-0.4, -0.2) is 24.0 Å². The summed E-state index contributed by atoms with van der Waals surface area (Å²) in [5, 5.41) is -0.648. The van der Waals surface area contributed by atoms with Crippen LogP contribution in [-0.2, 0) is 9.53 Å². The van der Waals surface area contributed by atoms with Gasteiger partial charge in [-0.1, -0.05) is 0 Å². The molecule has 0 rings (SSSR count). The molecule has 0 aliphatic carbocycles. The van der Waals surface area contributed by atoms with Crippen LogP contribution in [0, 0.1) is 0 Å². The van der Waals surface area contributed by atoms with E-state index in [1.807, 2.05) is 13.8 Å². The number of primary amides is 1. The molecule has 1 unspecified atom stereocenters. The van der Waals surface area contributed by atoms with Gasteiger partial charge in [0.2, 0.25) is 5.91 Å². The summed E-state index contributed by atoms with van der Waals surface area (Å²) in [6.45, 7) is 3.70. The van der Waals surface area contributed by atoms with Gasteiger partial charge in [0.05, 0.1) is 5.60 Å². The average molecular weight is 180 g/mol. The van der Waals surface area contributed by atoms with E-state index in [9.17, 15) is 4.79 Å². The van der Waals surface area contributed by atoms with E-state index in [2.05, 4.69) is 0 Å². The Labute approximate surface area is 71.8 Å². The lowest BCUT2D eigenvalue weighted by Gasteiger charge is -2.23. The van der Waals surface area contributed by atoms with E-state index < -0.39 is 11.3 Å². The van der Waals surface area contributed by atoms with Gasteiger partial charge >= 0.3 is 0 Å². The van der Waals surface area contributed by atoms with Crippen molar-refractivity contribution in [1.82, 2.24) is 0 Å². The first-order valence-electron chi connectivity index (χ1n) is 3.37. The highest BCUT2D eigenvalue weighted by Crippen LogP contribution is 2.18. The molecule has 0 aromatic rings. The van der Waals surface area contributed by atoms with Gasteiger partial charge in [-0.2, -0.15) is 0 Å². The number of nitrogens with two attached hydrogens (primary N) is 1. The Morgan fingerprint density at radius 3 is 2.45 bits per heavy atom. The third-order valence-electron chi connectivity index (χ3n) is 1.53. The zero-order valence-electron chi connectivity index (χ0n) is 7.06. The summed E-state index contributed by atoms with van der Waals surface area (Å²) in [6, 6.07) is 0. The number of carbonyl (C=O) groups is 1. The van der Waals surface area contributed by atoms with Gasteiger partial charge in [-0.25, -0.2) is 0 Å². The SMILES string of the molecule is COC(C)(C)CC(Cl)C(N)=O. The largest absolute Gasteiger partial charge is 0.379 e. The lowest BCUT2D eigenvalue weighted by Crippen LogP contribution is -2.33. The summed E-state index contributed by atoms with van der Waals surface area (Å²) in [5.74, 6) is -0.503. The summed E-state index contributed by atoms with van der Waals surface area (Å²) in [7, 11) is 1.57. The van der Waals surface area contributed by atoms with Crippen molar-refractivity contribution in [1.29, 1.82) is 0 Å². The summed E-state index contributed by atoms with van der Waals surface area (Å²) >= 11 is 5.62. The maximum absolute atomic E-state index is 10.5. The molecule has 2 N–H and O–H groups in total. The molecule has 66 valence electrons. The quantitative estimate of drug-likeness (QED) is 0.652. The van der Waals surface area contributed by atoms with Crippen LogP contribution < -0.4 is 5.73 Å². The van der Waals surface area contributed by atoms with E-state index in [-0.39, 0.29) is 5.60 Å². The van der Waals surface area contributed by atoms with Gasteiger partial charge < -0.3 is 10.5 Å². The number of alkyl halides is 1. The second-order valence-corrected chi connectivity index (χ2v) is 3.56. The molecule has 0 saturated carbocycles. The van der Waals surface area contributed by atoms with Crippen molar-refractivity contribution in [3.8, 4) is 0 Å². The average Bonchev–Trinajstić information content (AvgIpc) is 1.87. The first-order valence-corrected chi connectivity index (χ1v) is 3.81. The van der Waals surface area contributed by atoms with Crippen LogP contribution in [0.5, 0.6) is 0 Å². The van der Waals surface area contributed by atoms with Crippen molar-refractivity contribution in [2.45, 2.75) is 31.2 Å². The maximum atomic E-state index is 10.5. The number of rotatable bonds is 4. The first kappa shape index (κ1) is 10.7. The Morgan fingerprint density at radius 2 is 2.18 bits per heavy atom. The second kappa shape index (κ2) is 3.93. The molecule has 0 saturated heterocycles. The zero-order chi connectivity index (χ0) is 9.07. The highest BCUT2D eigenvalue weighted by atomic mass is 35.5. The molecular weight excluding hydrogens is 166 g/mol. The van der Waals surface area contributed by atoms with Crippen molar-refractivity contribution in [3.63, 3.8) is 0 Å². The summed E-state index contributed by atoms with van der Waals surface area (Å²) in [6.07, 6.45) is 0.431. The molecule has 1 atom stereocenters. The highest BCUT2D eigenvalue weighted by Gasteiger charge is 2.24. The van der Waals surface area contributed by atoms with Crippen LogP contribution in [0.2, 0.25) is 0 Å². The third-order valence-corrected chi connectivity index (χ3v) is 1.90. The van der Waals surface area contributed by atoms with Gasteiger partial charge in [0.15, 0.2) is 0 Å². The van der Waals surface area contributed by atoms with E-state index >= 15 is 0 Å². The summed E-state index contributed by atoms with van der Waals surface area (Å²) < 4.78 is 5.07.